The second-order valence-corrected chi connectivity index (χ2v) is 7.36. The lowest BCUT2D eigenvalue weighted by atomic mass is 10.0. The second-order valence-electron chi connectivity index (χ2n) is 7.36. The van der Waals surface area contributed by atoms with Crippen molar-refractivity contribution in [1.29, 1.82) is 0 Å². The molecular weight excluding hydrogens is 354 g/mol. The average molecular weight is 392 g/mol. The lowest BCUT2D eigenvalue weighted by Gasteiger charge is -2.33. The zero-order chi connectivity index (χ0) is 21.3. The summed E-state index contributed by atoms with van der Waals surface area (Å²) in [5.41, 5.74) is 21.0. The molecule has 28 heavy (non-hydrogen) atoms. The third-order valence-electron chi connectivity index (χ3n) is 4.18. The fraction of sp³-hybridized carbons (Fsp3) is 0.571. The van der Waals surface area contributed by atoms with Gasteiger partial charge in [-0.05, 0) is 58.7 Å². The number of aryl methyl sites for hydroxylation is 1. The number of nitrogens with two attached hydrogens (primary N) is 3. The van der Waals surface area contributed by atoms with E-state index in [1.807, 2.05) is 0 Å². The second kappa shape index (κ2) is 11.9. The topological polar surface area (TPSA) is 135 Å². The molecule has 1 saturated heterocycles. The standard InChI is InChI=1S/C16H23N5.C3H8O.C2H6O/c1-10-2-3-14-11(8-10)9-13(15(18)19)16(20-14)21-6-4-12(17)5-7-21;1-3(2)4;1-2-3/h2-3,8-9,12,15H,4-7,17-19H2,1H3;3-4H,1-2H3;3H,2H2,1H3. The lowest BCUT2D eigenvalue weighted by molar-refractivity contribution is 0.216. The molecule has 158 valence electrons. The van der Waals surface area contributed by atoms with E-state index >= 15 is 0 Å². The number of piperidine rings is 1. The molecule has 0 radical (unpaired) electrons. The van der Waals surface area contributed by atoms with Gasteiger partial charge < -0.3 is 32.3 Å². The van der Waals surface area contributed by atoms with E-state index in [0.29, 0.717) is 6.04 Å². The molecule has 1 fully saturated rings. The van der Waals surface area contributed by atoms with Crippen LogP contribution in [0.1, 0.15) is 50.9 Å². The monoisotopic (exact) mass is 391 g/mol. The van der Waals surface area contributed by atoms with Crippen LogP contribution in [-0.2, 0) is 0 Å². The number of rotatable bonds is 2. The Labute approximate surface area is 168 Å². The van der Waals surface area contributed by atoms with Crippen LogP contribution >= 0.6 is 0 Å². The third-order valence-corrected chi connectivity index (χ3v) is 4.18. The predicted octanol–water partition coefficient (Wildman–Crippen LogP) is 1.77. The minimum Gasteiger partial charge on any atom is -0.397 e. The van der Waals surface area contributed by atoms with E-state index in [4.69, 9.17) is 32.4 Å². The summed E-state index contributed by atoms with van der Waals surface area (Å²) in [7, 11) is 0. The molecule has 0 unspecified atom stereocenters. The van der Waals surface area contributed by atoms with Gasteiger partial charge in [0.25, 0.3) is 0 Å². The largest absolute Gasteiger partial charge is 0.397 e. The summed E-state index contributed by atoms with van der Waals surface area (Å²) in [6.45, 7) is 9.26. The first-order valence-corrected chi connectivity index (χ1v) is 9.91. The molecule has 0 saturated carbocycles. The van der Waals surface area contributed by atoms with Crippen LogP contribution in [0.5, 0.6) is 0 Å². The Morgan fingerprint density at radius 2 is 1.71 bits per heavy atom. The Morgan fingerprint density at radius 1 is 1.18 bits per heavy atom. The molecule has 7 nitrogen and oxygen atoms in total. The number of pyridine rings is 1. The van der Waals surface area contributed by atoms with Gasteiger partial charge in [-0.2, -0.15) is 0 Å². The molecule has 1 aliphatic heterocycles. The van der Waals surface area contributed by atoms with Crippen molar-refractivity contribution in [2.45, 2.75) is 58.8 Å². The van der Waals surface area contributed by atoms with Crippen molar-refractivity contribution in [3.63, 3.8) is 0 Å². The number of aliphatic hydroxyl groups is 2. The zero-order valence-electron chi connectivity index (χ0n) is 17.6. The molecule has 0 spiro atoms. The molecule has 0 amide bonds. The van der Waals surface area contributed by atoms with E-state index in [-0.39, 0.29) is 12.7 Å². The fourth-order valence-corrected chi connectivity index (χ4v) is 2.91. The molecule has 8 N–H and O–H groups in total. The maximum atomic E-state index is 8.06. The van der Waals surface area contributed by atoms with Gasteiger partial charge in [-0.15, -0.1) is 0 Å². The summed E-state index contributed by atoms with van der Waals surface area (Å²) in [5.74, 6) is 0.910. The summed E-state index contributed by atoms with van der Waals surface area (Å²) in [6.07, 6.45) is 1.27. The van der Waals surface area contributed by atoms with Gasteiger partial charge >= 0.3 is 0 Å². The molecule has 2 heterocycles. The highest BCUT2D eigenvalue weighted by atomic mass is 16.3. The Morgan fingerprint density at radius 3 is 2.21 bits per heavy atom. The van der Waals surface area contributed by atoms with Crippen molar-refractivity contribution in [2.24, 2.45) is 17.2 Å². The van der Waals surface area contributed by atoms with Gasteiger partial charge in [-0.1, -0.05) is 11.6 Å². The third kappa shape index (κ3) is 7.69. The number of hydrogen-bond donors (Lipinski definition) is 5. The first kappa shape index (κ1) is 24.3. The SMILES string of the molecule is CC(C)O.CCO.Cc1ccc2nc(N3CCC(N)CC3)c(C(N)N)cc2c1. The fourth-order valence-electron chi connectivity index (χ4n) is 2.91. The normalized spacial score (nSPS) is 14.6. The Hall–Kier alpha value is -1.77. The van der Waals surface area contributed by atoms with Gasteiger partial charge in [0.05, 0.1) is 11.7 Å². The van der Waals surface area contributed by atoms with E-state index in [1.54, 1.807) is 20.8 Å². The predicted molar refractivity (Wildman–Crippen MR) is 117 cm³/mol. The zero-order valence-corrected chi connectivity index (χ0v) is 17.6. The van der Waals surface area contributed by atoms with Crippen LogP contribution in [0.2, 0.25) is 0 Å². The molecule has 0 bridgehead atoms. The van der Waals surface area contributed by atoms with Crippen LogP contribution in [0.4, 0.5) is 5.82 Å². The minimum absolute atomic E-state index is 0.167. The molecule has 2 aromatic rings. The highest BCUT2D eigenvalue weighted by Gasteiger charge is 2.21. The van der Waals surface area contributed by atoms with Gasteiger partial charge in [-0.25, -0.2) is 4.98 Å². The maximum Gasteiger partial charge on any atom is 0.135 e. The van der Waals surface area contributed by atoms with Crippen LogP contribution in [0.25, 0.3) is 10.9 Å². The Balaban J connectivity index is 0.000000489. The highest BCUT2D eigenvalue weighted by Crippen LogP contribution is 2.28. The smallest absolute Gasteiger partial charge is 0.135 e. The lowest BCUT2D eigenvalue weighted by Crippen LogP contribution is -2.41. The number of fused-ring (bicyclic) bond motifs is 1. The Bertz CT molecular complexity index is 710. The maximum absolute atomic E-state index is 8.06. The van der Waals surface area contributed by atoms with Crippen molar-refractivity contribution in [3.8, 4) is 0 Å². The quantitative estimate of drug-likeness (QED) is 0.492. The molecule has 1 aliphatic rings. The highest BCUT2D eigenvalue weighted by molar-refractivity contribution is 5.82. The van der Waals surface area contributed by atoms with Gasteiger partial charge in [0.1, 0.15) is 5.82 Å². The van der Waals surface area contributed by atoms with Crippen molar-refractivity contribution in [2.75, 3.05) is 24.6 Å². The number of anilines is 1. The van der Waals surface area contributed by atoms with Gasteiger partial charge in [0, 0.05) is 42.8 Å². The van der Waals surface area contributed by atoms with E-state index in [9.17, 15) is 0 Å². The van der Waals surface area contributed by atoms with Crippen LogP contribution in [-0.4, -0.2) is 47.0 Å². The summed E-state index contributed by atoms with van der Waals surface area (Å²) in [6, 6.07) is 8.61. The summed E-state index contributed by atoms with van der Waals surface area (Å²) >= 11 is 0. The van der Waals surface area contributed by atoms with Crippen molar-refractivity contribution in [1.82, 2.24) is 4.98 Å². The number of benzene rings is 1. The molecule has 1 aromatic carbocycles. The molecular formula is C21H37N5O2. The van der Waals surface area contributed by atoms with Crippen LogP contribution in [0.15, 0.2) is 24.3 Å². The first-order chi connectivity index (χ1) is 13.2. The average Bonchev–Trinajstić information content (AvgIpc) is 2.61. The first-order valence-electron chi connectivity index (χ1n) is 9.91. The van der Waals surface area contributed by atoms with Gasteiger partial charge in [0.15, 0.2) is 0 Å². The van der Waals surface area contributed by atoms with Crippen LogP contribution < -0.4 is 22.1 Å². The molecule has 0 aliphatic carbocycles. The van der Waals surface area contributed by atoms with Crippen molar-refractivity contribution >= 4 is 16.7 Å². The van der Waals surface area contributed by atoms with Crippen molar-refractivity contribution < 1.29 is 10.2 Å². The van der Waals surface area contributed by atoms with Crippen LogP contribution in [0.3, 0.4) is 0 Å². The molecule has 3 rings (SSSR count). The van der Waals surface area contributed by atoms with Gasteiger partial charge in [-0.3, -0.25) is 0 Å². The molecule has 1 aromatic heterocycles. The number of aromatic nitrogens is 1. The number of hydrogen-bond acceptors (Lipinski definition) is 7. The summed E-state index contributed by atoms with van der Waals surface area (Å²) in [4.78, 5) is 7.07. The van der Waals surface area contributed by atoms with E-state index in [2.05, 4.69) is 36.1 Å². The number of nitrogens with zero attached hydrogens (tertiary/aromatic N) is 2. The Kier molecular flexibility index (Phi) is 10.3. The summed E-state index contributed by atoms with van der Waals surface area (Å²) < 4.78 is 0. The van der Waals surface area contributed by atoms with Crippen LogP contribution in [0, 0.1) is 6.92 Å². The van der Waals surface area contributed by atoms with E-state index < -0.39 is 6.17 Å². The molecule has 7 heteroatoms. The molecule has 0 atom stereocenters. The number of aliphatic hydroxyl groups excluding tert-OH is 2. The van der Waals surface area contributed by atoms with Gasteiger partial charge in [0.2, 0.25) is 0 Å². The van der Waals surface area contributed by atoms with E-state index in [0.717, 1.165) is 48.2 Å². The minimum atomic E-state index is -0.520. The summed E-state index contributed by atoms with van der Waals surface area (Å²) in [5, 5.41) is 16.7. The van der Waals surface area contributed by atoms with E-state index in [1.165, 1.54) is 5.56 Å². The van der Waals surface area contributed by atoms with Crippen molar-refractivity contribution in [3.05, 3.63) is 35.4 Å².